The van der Waals surface area contributed by atoms with Crippen molar-refractivity contribution < 1.29 is 34.1 Å². The summed E-state index contributed by atoms with van der Waals surface area (Å²) in [6.07, 6.45) is 0. The van der Waals surface area contributed by atoms with E-state index in [1.807, 2.05) is 0 Å². The number of carbonyl (C=O) groups is 3. The van der Waals surface area contributed by atoms with Crippen molar-refractivity contribution in [2.24, 2.45) is 0 Å². The first kappa shape index (κ1) is 23.2. The molecule has 0 spiro atoms. The number of carbonyl (C=O) groups excluding carboxylic acids is 1. The molecule has 0 aliphatic carbocycles. The number of benzene rings is 3. The van der Waals surface area contributed by atoms with Gasteiger partial charge in [-0.2, -0.15) is 0 Å². The number of carboxylic acid groups (broad SMARTS) is 2. The maximum Gasteiger partial charge on any atom is 0.341 e. The van der Waals surface area contributed by atoms with Crippen LogP contribution in [0.3, 0.4) is 0 Å². The SMILES string of the molecule is O=C(O)COc1ccccc1CNC(=O)COc1cc(C(=O)O)cc2cc(Cl)cc(Cl)c12. The van der Waals surface area contributed by atoms with Crippen molar-refractivity contribution in [2.75, 3.05) is 13.2 Å². The summed E-state index contributed by atoms with van der Waals surface area (Å²) in [6, 6.07) is 12.4. The lowest BCUT2D eigenvalue weighted by Gasteiger charge is -2.13. The van der Waals surface area contributed by atoms with Gasteiger partial charge in [-0.05, 0) is 35.7 Å². The number of ether oxygens (including phenoxy) is 2. The molecule has 0 saturated carbocycles. The Morgan fingerprint density at radius 1 is 0.906 bits per heavy atom. The number of amides is 1. The maximum absolute atomic E-state index is 12.3. The van der Waals surface area contributed by atoms with E-state index in [0.717, 1.165) is 0 Å². The molecular weight excluding hydrogens is 461 g/mol. The van der Waals surface area contributed by atoms with Gasteiger partial charge in [-0.1, -0.05) is 41.4 Å². The Kier molecular flexibility index (Phi) is 7.40. The van der Waals surface area contributed by atoms with Crippen LogP contribution in [0.15, 0.2) is 48.5 Å². The number of halogens is 2. The number of para-hydroxylation sites is 1. The largest absolute Gasteiger partial charge is 0.483 e. The lowest BCUT2D eigenvalue weighted by atomic mass is 10.1. The summed E-state index contributed by atoms with van der Waals surface area (Å²) >= 11 is 12.3. The van der Waals surface area contributed by atoms with E-state index in [0.29, 0.717) is 27.1 Å². The third-order valence-electron chi connectivity index (χ3n) is 4.33. The molecule has 3 rings (SSSR count). The molecule has 0 atom stereocenters. The van der Waals surface area contributed by atoms with E-state index >= 15 is 0 Å². The summed E-state index contributed by atoms with van der Waals surface area (Å²) in [5.74, 6) is -2.32. The lowest BCUT2D eigenvalue weighted by molar-refractivity contribution is -0.139. The van der Waals surface area contributed by atoms with Gasteiger partial charge in [0.15, 0.2) is 13.2 Å². The highest BCUT2D eigenvalue weighted by Gasteiger charge is 2.15. The van der Waals surface area contributed by atoms with Gasteiger partial charge in [0.1, 0.15) is 11.5 Å². The summed E-state index contributed by atoms with van der Waals surface area (Å²) in [5.41, 5.74) is 0.536. The number of hydrogen-bond donors (Lipinski definition) is 3. The minimum atomic E-state index is -1.17. The number of nitrogens with one attached hydrogen (secondary N) is 1. The Morgan fingerprint density at radius 2 is 1.62 bits per heavy atom. The Hall–Kier alpha value is -3.49. The molecule has 1 amide bonds. The standard InChI is InChI=1S/C22H17Cl2NO7/c23-15-6-13-5-14(22(29)30)7-18(21(13)16(24)8-15)31-10-19(26)25-9-12-3-1-2-4-17(12)32-11-20(27)28/h1-8H,9-11H2,(H,25,26)(H,27,28)(H,29,30). The molecule has 3 N–H and O–H groups in total. The molecule has 0 fully saturated rings. The quantitative estimate of drug-likeness (QED) is 0.425. The minimum absolute atomic E-state index is 0.0456. The lowest BCUT2D eigenvalue weighted by Crippen LogP contribution is -2.28. The van der Waals surface area contributed by atoms with Crippen molar-refractivity contribution in [1.82, 2.24) is 5.32 Å². The normalized spacial score (nSPS) is 10.6. The highest BCUT2D eigenvalue weighted by atomic mass is 35.5. The molecule has 0 aliphatic heterocycles. The Balaban J connectivity index is 1.72. The van der Waals surface area contributed by atoms with Crippen LogP contribution in [0.4, 0.5) is 0 Å². The molecule has 32 heavy (non-hydrogen) atoms. The van der Waals surface area contributed by atoms with Crippen molar-refractivity contribution >= 4 is 51.8 Å². The number of carboxylic acids is 2. The van der Waals surface area contributed by atoms with Gasteiger partial charge < -0.3 is 25.0 Å². The predicted molar refractivity (Wildman–Crippen MR) is 118 cm³/mol. The van der Waals surface area contributed by atoms with Crippen LogP contribution in [0.2, 0.25) is 10.0 Å². The monoisotopic (exact) mass is 477 g/mol. The van der Waals surface area contributed by atoms with Crippen molar-refractivity contribution in [3.05, 3.63) is 69.7 Å². The molecule has 166 valence electrons. The predicted octanol–water partition coefficient (Wildman–Crippen LogP) is 4.00. The second-order valence-corrected chi connectivity index (χ2v) is 7.46. The van der Waals surface area contributed by atoms with E-state index in [2.05, 4.69) is 5.32 Å². The first-order chi connectivity index (χ1) is 15.2. The third-order valence-corrected chi connectivity index (χ3v) is 4.85. The highest BCUT2D eigenvalue weighted by molar-refractivity contribution is 6.39. The number of rotatable bonds is 9. The minimum Gasteiger partial charge on any atom is -0.483 e. The van der Waals surface area contributed by atoms with Crippen molar-refractivity contribution in [2.45, 2.75) is 6.54 Å². The average Bonchev–Trinajstić information content (AvgIpc) is 2.74. The molecule has 3 aromatic carbocycles. The van der Waals surface area contributed by atoms with E-state index in [-0.39, 0.29) is 22.9 Å². The number of aliphatic carboxylic acids is 1. The number of hydrogen-bond acceptors (Lipinski definition) is 5. The first-order valence-corrected chi connectivity index (χ1v) is 9.98. The van der Waals surface area contributed by atoms with Gasteiger partial charge >= 0.3 is 11.9 Å². The highest BCUT2D eigenvalue weighted by Crippen LogP contribution is 2.36. The summed E-state index contributed by atoms with van der Waals surface area (Å²) in [7, 11) is 0. The average molecular weight is 478 g/mol. The molecule has 0 radical (unpaired) electrons. The maximum atomic E-state index is 12.3. The van der Waals surface area contributed by atoms with Crippen molar-refractivity contribution in [1.29, 1.82) is 0 Å². The molecule has 0 unspecified atom stereocenters. The number of fused-ring (bicyclic) bond motifs is 1. The molecule has 10 heteroatoms. The summed E-state index contributed by atoms with van der Waals surface area (Å²) in [6.45, 7) is -0.842. The zero-order valence-electron chi connectivity index (χ0n) is 16.4. The van der Waals surface area contributed by atoms with Gasteiger partial charge in [0.2, 0.25) is 0 Å². The zero-order valence-corrected chi connectivity index (χ0v) is 17.9. The van der Waals surface area contributed by atoms with Gasteiger partial charge in [-0.25, -0.2) is 9.59 Å². The fourth-order valence-corrected chi connectivity index (χ4v) is 3.55. The molecule has 0 aliphatic rings. The fraction of sp³-hybridized carbons (Fsp3) is 0.136. The third kappa shape index (κ3) is 5.81. The van der Waals surface area contributed by atoms with E-state index < -0.39 is 31.1 Å². The van der Waals surface area contributed by atoms with Gasteiger partial charge in [0, 0.05) is 22.5 Å². The molecule has 0 aromatic heterocycles. The van der Waals surface area contributed by atoms with Gasteiger partial charge in [-0.15, -0.1) is 0 Å². The van der Waals surface area contributed by atoms with Crippen molar-refractivity contribution in [3.63, 3.8) is 0 Å². The summed E-state index contributed by atoms with van der Waals surface area (Å²) in [5, 5.41) is 22.2. The van der Waals surface area contributed by atoms with E-state index in [9.17, 15) is 19.5 Å². The van der Waals surface area contributed by atoms with Crippen LogP contribution in [0.1, 0.15) is 15.9 Å². The smallest absolute Gasteiger partial charge is 0.341 e. The summed E-state index contributed by atoms with van der Waals surface area (Å²) < 4.78 is 10.8. The van der Waals surface area contributed by atoms with Crippen LogP contribution >= 0.6 is 23.2 Å². The molecule has 0 heterocycles. The fourth-order valence-electron chi connectivity index (χ4n) is 2.95. The van der Waals surface area contributed by atoms with Crippen LogP contribution in [0.5, 0.6) is 11.5 Å². The second-order valence-electron chi connectivity index (χ2n) is 6.62. The van der Waals surface area contributed by atoms with Crippen LogP contribution in [-0.2, 0) is 16.1 Å². The van der Waals surface area contributed by atoms with E-state index in [1.54, 1.807) is 30.3 Å². The second kappa shape index (κ2) is 10.2. The molecule has 3 aromatic rings. The van der Waals surface area contributed by atoms with Crippen LogP contribution in [0.25, 0.3) is 10.8 Å². The zero-order chi connectivity index (χ0) is 23.3. The van der Waals surface area contributed by atoms with Crippen LogP contribution in [-0.4, -0.2) is 41.3 Å². The molecule has 0 saturated heterocycles. The van der Waals surface area contributed by atoms with Gasteiger partial charge in [-0.3, -0.25) is 4.79 Å². The topological polar surface area (TPSA) is 122 Å². The molecule has 8 nitrogen and oxygen atoms in total. The molecular formula is C22H17Cl2NO7. The first-order valence-electron chi connectivity index (χ1n) is 9.22. The van der Waals surface area contributed by atoms with Crippen LogP contribution < -0.4 is 14.8 Å². The van der Waals surface area contributed by atoms with Gasteiger partial charge in [0.05, 0.1) is 10.6 Å². The Labute approximate surface area is 192 Å². The van der Waals surface area contributed by atoms with E-state index in [1.165, 1.54) is 18.2 Å². The van der Waals surface area contributed by atoms with Crippen LogP contribution in [0, 0.1) is 0 Å². The number of aromatic carboxylic acids is 1. The van der Waals surface area contributed by atoms with Gasteiger partial charge in [0.25, 0.3) is 5.91 Å². The Morgan fingerprint density at radius 3 is 2.34 bits per heavy atom. The summed E-state index contributed by atoms with van der Waals surface area (Å²) in [4.78, 5) is 34.5. The van der Waals surface area contributed by atoms with E-state index in [4.69, 9.17) is 37.8 Å². The molecule has 0 bridgehead atoms. The Bertz CT molecular complexity index is 1200. The van der Waals surface area contributed by atoms with Crippen molar-refractivity contribution in [3.8, 4) is 11.5 Å².